The number of hydrogen-bond acceptors (Lipinski definition) is 5. The average Bonchev–Trinajstić information content (AvgIpc) is 3.13. The minimum atomic E-state index is -3.88. The molecule has 4 aromatic rings. The van der Waals surface area contributed by atoms with Crippen LogP contribution in [-0.2, 0) is 16.6 Å². The topological polar surface area (TPSA) is 76.8 Å². The number of pyridine rings is 1. The number of benzene rings is 2. The molecule has 2 heterocycles. The number of anilines is 1. The van der Waals surface area contributed by atoms with Crippen LogP contribution in [0.1, 0.15) is 11.4 Å². The normalized spacial score (nSPS) is 11.6. The summed E-state index contributed by atoms with van der Waals surface area (Å²) in [5, 5.41) is 8.54. The number of halogens is 1. The van der Waals surface area contributed by atoms with Gasteiger partial charge in [0.15, 0.2) is 5.65 Å². The van der Waals surface area contributed by atoms with Crippen molar-refractivity contribution in [3.63, 3.8) is 0 Å². The van der Waals surface area contributed by atoms with Crippen molar-refractivity contribution in [1.82, 2.24) is 14.6 Å². The van der Waals surface area contributed by atoms with E-state index in [1.54, 1.807) is 60.9 Å². The molecule has 2 aromatic carbocycles. The zero-order valence-electron chi connectivity index (χ0n) is 16.4. The summed E-state index contributed by atoms with van der Waals surface area (Å²) in [5.74, 6) is 1.31. The third-order valence-electron chi connectivity index (χ3n) is 4.73. The summed E-state index contributed by atoms with van der Waals surface area (Å²) in [6.07, 6.45) is 1.54. The minimum absolute atomic E-state index is 0.140. The molecule has 0 bridgehead atoms. The fourth-order valence-corrected chi connectivity index (χ4v) is 4.66. The quantitative estimate of drug-likeness (QED) is 0.449. The van der Waals surface area contributed by atoms with Crippen LogP contribution in [0.15, 0.2) is 71.8 Å². The van der Waals surface area contributed by atoms with Crippen molar-refractivity contribution in [2.45, 2.75) is 18.4 Å². The van der Waals surface area contributed by atoms with Gasteiger partial charge in [-0.1, -0.05) is 23.7 Å². The second-order valence-electron chi connectivity index (χ2n) is 6.68. The van der Waals surface area contributed by atoms with Crippen LogP contribution in [0.25, 0.3) is 5.65 Å². The lowest BCUT2D eigenvalue weighted by molar-refractivity contribution is 0.414. The molecule has 0 fully saturated rings. The molecule has 0 saturated carbocycles. The fraction of sp³-hybridized carbons (Fsp3) is 0.143. The summed E-state index contributed by atoms with van der Waals surface area (Å²) in [4.78, 5) is 0.140. The molecule has 4 rings (SSSR count). The zero-order chi connectivity index (χ0) is 21.3. The average molecular weight is 443 g/mol. The third-order valence-corrected chi connectivity index (χ3v) is 6.74. The van der Waals surface area contributed by atoms with Gasteiger partial charge < -0.3 is 4.74 Å². The fourth-order valence-electron chi connectivity index (χ4n) is 3.08. The first-order valence-corrected chi connectivity index (χ1v) is 10.9. The summed E-state index contributed by atoms with van der Waals surface area (Å²) < 4.78 is 35.5. The number of sulfonamides is 1. The number of rotatable bonds is 6. The predicted molar refractivity (Wildman–Crippen MR) is 116 cm³/mol. The smallest absolute Gasteiger partial charge is 0.266 e. The molecule has 0 unspecified atom stereocenters. The van der Waals surface area contributed by atoms with E-state index in [9.17, 15) is 8.42 Å². The van der Waals surface area contributed by atoms with Gasteiger partial charge in [0.05, 0.1) is 19.3 Å². The van der Waals surface area contributed by atoms with E-state index in [0.717, 1.165) is 5.56 Å². The number of ether oxygens (including phenoxy) is 1. The Hall–Kier alpha value is -3.10. The van der Waals surface area contributed by atoms with Crippen molar-refractivity contribution in [2.24, 2.45) is 0 Å². The first kappa shape index (κ1) is 20.2. The van der Waals surface area contributed by atoms with Gasteiger partial charge in [0, 0.05) is 11.2 Å². The third kappa shape index (κ3) is 3.83. The molecule has 9 heteroatoms. The van der Waals surface area contributed by atoms with Crippen molar-refractivity contribution in [3.05, 3.63) is 83.3 Å². The lowest BCUT2D eigenvalue weighted by Gasteiger charge is -2.25. The second-order valence-corrected chi connectivity index (χ2v) is 8.98. The highest BCUT2D eigenvalue weighted by Gasteiger charge is 2.26. The molecule has 0 radical (unpaired) electrons. The van der Waals surface area contributed by atoms with Crippen LogP contribution in [-0.4, -0.2) is 30.1 Å². The molecule has 0 saturated heterocycles. The maximum Gasteiger partial charge on any atom is 0.266 e. The van der Waals surface area contributed by atoms with Crippen molar-refractivity contribution in [1.29, 1.82) is 0 Å². The van der Waals surface area contributed by atoms with Crippen molar-refractivity contribution in [2.75, 3.05) is 11.4 Å². The molecule has 0 aliphatic carbocycles. The van der Waals surface area contributed by atoms with Crippen molar-refractivity contribution < 1.29 is 13.2 Å². The van der Waals surface area contributed by atoms with E-state index < -0.39 is 10.0 Å². The largest absolute Gasteiger partial charge is 0.497 e. The Bertz CT molecular complexity index is 1290. The van der Waals surface area contributed by atoms with Gasteiger partial charge in [-0.05, 0) is 61.0 Å². The van der Waals surface area contributed by atoms with E-state index in [-0.39, 0.29) is 11.4 Å². The Morgan fingerprint density at radius 3 is 2.37 bits per heavy atom. The molecule has 0 aliphatic rings. The molecule has 154 valence electrons. The van der Waals surface area contributed by atoms with Gasteiger partial charge in [-0.2, -0.15) is 0 Å². The Kier molecular flexibility index (Phi) is 5.36. The van der Waals surface area contributed by atoms with E-state index in [0.29, 0.717) is 27.9 Å². The lowest BCUT2D eigenvalue weighted by atomic mass is 10.2. The molecule has 7 nitrogen and oxygen atoms in total. The van der Waals surface area contributed by atoms with Crippen LogP contribution in [0.5, 0.6) is 5.75 Å². The summed E-state index contributed by atoms with van der Waals surface area (Å²) >= 11 is 6.01. The minimum Gasteiger partial charge on any atom is -0.497 e. The molecule has 0 spiro atoms. The predicted octanol–water partition coefficient (Wildman–Crippen LogP) is 4.10. The number of fused-ring (bicyclic) bond motifs is 1. The lowest BCUT2D eigenvalue weighted by Crippen LogP contribution is -2.30. The molecular formula is C21H19ClN4O3S. The van der Waals surface area contributed by atoms with Gasteiger partial charge >= 0.3 is 0 Å². The maximum absolute atomic E-state index is 13.6. The standard InChI is InChI=1S/C21H19ClN4O3S/c1-15-23-24-21-12-11-20(14-25(15)21)30(27,28)26(18-7-5-17(22)6-8-18)13-16-3-9-19(29-2)10-4-16/h3-12,14H,13H2,1-2H3. The SMILES string of the molecule is COc1ccc(CN(c2ccc(Cl)cc2)S(=O)(=O)c2ccc3nnc(C)n3c2)cc1. The highest BCUT2D eigenvalue weighted by atomic mass is 35.5. The van der Waals surface area contributed by atoms with Crippen molar-refractivity contribution in [3.8, 4) is 5.75 Å². The number of aryl methyl sites for hydroxylation is 1. The maximum atomic E-state index is 13.6. The summed E-state index contributed by atoms with van der Waals surface area (Å²) in [6, 6.07) is 17.2. The zero-order valence-corrected chi connectivity index (χ0v) is 17.9. The van der Waals surface area contributed by atoms with Gasteiger partial charge in [-0.15, -0.1) is 10.2 Å². The van der Waals surface area contributed by atoms with E-state index in [1.165, 1.54) is 16.6 Å². The first-order chi connectivity index (χ1) is 14.4. The van der Waals surface area contributed by atoms with E-state index in [4.69, 9.17) is 16.3 Å². The van der Waals surface area contributed by atoms with Crippen LogP contribution >= 0.6 is 11.6 Å². The number of nitrogens with zero attached hydrogens (tertiary/aromatic N) is 4. The molecule has 0 aliphatic heterocycles. The summed E-state index contributed by atoms with van der Waals surface area (Å²) in [5.41, 5.74) is 1.91. The number of hydrogen-bond donors (Lipinski definition) is 0. The number of methoxy groups -OCH3 is 1. The monoisotopic (exact) mass is 442 g/mol. The Balaban J connectivity index is 1.79. The van der Waals surface area contributed by atoms with E-state index in [2.05, 4.69) is 10.2 Å². The van der Waals surface area contributed by atoms with E-state index >= 15 is 0 Å². The molecule has 0 N–H and O–H groups in total. The molecular weight excluding hydrogens is 424 g/mol. The Morgan fingerprint density at radius 1 is 1.00 bits per heavy atom. The van der Waals surface area contributed by atoms with Crippen LogP contribution in [0.4, 0.5) is 5.69 Å². The van der Waals surface area contributed by atoms with Gasteiger partial charge in [0.2, 0.25) is 0 Å². The van der Waals surface area contributed by atoms with Crippen LogP contribution in [0.2, 0.25) is 5.02 Å². The highest BCUT2D eigenvalue weighted by molar-refractivity contribution is 7.92. The van der Waals surface area contributed by atoms with Gasteiger partial charge in [-0.3, -0.25) is 8.71 Å². The summed E-state index contributed by atoms with van der Waals surface area (Å²) in [7, 11) is -2.30. The Labute approximate surface area is 179 Å². The van der Waals surface area contributed by atoms with E-state index in [1.807, 2.05) is 12.1 Å². The molecule has 30 heavy (non-hydrogen) atoms. The van der Waals surface area contributed by atoms with Gasteiger partial charge in [-0.25, -0.2) is 8.42 Å². The highest BCUT2D eigenvalue weighted by Crippen LogP contribution is 2.28. The van der Waals surface area contributed by atoms with Crippen LogP contribution in [0.3, 0.4) is 0 Å². The molecule has 0 atom stereocenters. The second kappa shape index (κ2) is 7.97. The molecule has 2 aromatic heterocycles. The van der Waals surface area contributed by atoms with Crippen LogP contribution in [0, 0.1) is 6.92 Å². The molecule has 0 amide bonds. The summed E-state index contributed by atoms with van der Waals surface area (Å²) in [6.45, 7) is 1.91. The van der Waals surface area contributed by atoms with Gasteiger partial charge in [0.1, 0.15) is 16.5 Å². The number of aromatic nitrogens is 3. The van der Waals surface area contributed by atoms with Gasteiger partial charge in [0.25, 0.3) is 10.0 Å². The first-order valence-electron chi connectivity index (χ1n) is 9.11. The van der Waals surface area contributed by atoms with Crippen LogP contribution < -0.4 is 9.04 Å². The Morgan fingerprint density at radius 2 is 1.70 bits per heavy atom. The van der Waals surface area contributed by atoms with Crippen molar-refractivity contribution >= 4 is 33.0 Å².